The summed E-state index contributed by atoms with van der Waals surface area (Å²) in [5, 5.41) is 5.87. The van der Waals surface area contributed by atoms with Crippen LogP contribution in [0.25, 0.3) is 99.7 Å². The zero-order chi connectivity index (χ0) is 31.3. The zero-order valence-corrected chi connectivity index (χ0v) is 25.8. The highest BCUT2D eigenvalue weighted by Crippen LogP contribution is 2.51. The molecule has 4 heterocycles. The van der Waals surface area contributed by atoms with Gasteiger partial charge in [-0.25, -0.2) is 9.97 Å². The summed E-state index contributed by atoms with van der Waals surface area (Å²) < 4.78 is 4.77. The quantitative estimate of drug-likeness (QED) is 0.195. The highest BCUT2D eigenvalue weighted by molar-refractivity contribution is 6.28. The van der Waals surface area contributed by atoms with Crippen LogP contribution in [-0.4, -0.2) is 19.1 Å². The molecule has 1 aliphatic rings. The van der Waals surface area contributed by atoms with Gasteiger partial charge in [0.1, 0.15) is 0 Å². The van der Waals surface area contributed by atoms with Crippen molar-refractivity contribution in [2.45, 2.75) is 0 Å². The summed E-state index contributed by atoms with van der Waals surface area (Å²) in [4.78, 5) is 10.6. The van der Waals surface area contributed by atoms with Crippen molar-refractivity contribution in [1.82, 2.24) is 19.1 Å². The van der Waals surface area contributed by atoms with Gasteiger partial charge in [-0.2, -0.15) is 0 Å². The number of para-hydroxylation sites is 4. The molecule has 0 aliphatic carbocycles. The summed E-state index contributed by atoms with van der Waals surface area (Å²) in [5.41, 5.74) is 13.7. The Labute approximate surface area is 275 Å². The summed E-state index contributed by atoms with van der Waals surface area (Å²) in [6.45, 7) is 0. The van der Waals surface area contributed by atoms with Crippen LogP contribution >= 0.6 is 0 Å². The highest BCUT2D eigenvalue weighted by Gasteiger charge is 2.29. The lowest BCUT2D eigenvalue weighted by Crippen LogP contribution is -2.03. The van der Waals surface area contributed by atoms with Gasteiger partial charge in [0, 0.05) is 43.6 Å². The second-order valence-electron chi connectivity index (χ2n) is 12.6. The fraction of sp³-hybridized carbons (Fsp3) is 0. The number of aromatic nitrogens is 4. The van der Waals surface area contributed by atoms with Gasteiger partial charge in [0.25, 0.3) is 0 Å². The first-order valence-electron chi connectivity index (χ1n) is 16.4. The fourth-order valence-electron chi connectivity index (χ4n) is 8.11. The Bertz CT molecular complexity index is 2950. The molecule has 0 radical (unpaired) electrons. The third-order valence-corrected chi connectivity index (χ3v) is 10.1. The maximum absolute atomic E-state index is 5.37. The second-order valence-corrected chi connectivity index (χ2v) is 12.6. The molecule has 7 aromatic carbocycles. The van der Waals surface area contributed by atoms with Gasteiger partial charge < -0.3 is 4.57 Å². The van der Waals surface area contributed by atoms with Gasteiger partial charge in [0.2, 0.25) is 5.95 Å². The smallest absolute Gasteiger partial charge is 0.235 e. The molecule has 0 N–H and O–H groups in total. The molecule has 0 atom stereocenters. The van der Waals surface area contributed by atoms with Gasteiger partial charge in [-0.3, -0.25) is 4.57 Å². The van der Waals surface area contributed by atoms with Crippen molar-refractivity contribution >= 4 is 54.5 Å². The van der Waals surface area contributed by atoms with Gasteiger partial charge in [-0.05, 0) is 41.5 Å². The van der Waals surface area contributed by atoms with E-state index in [0.29, 0.717) is 5.95 Å². The highest BCUT2D eigenvalue weighted by atomic mass is 15.2. The van der Waals surface area contributed by atoms with Gasteiger partial charge in [0.15, 0.2) is 0 Å². The van der Waals surface area contributed by atoms with Crippen LogP contribution in [-0.2, 0) is 0 Å². The Morgan fingerprint density at radius 3 is 1.88 bits per heavy atom. The first-order chi connectivity index (χ1) is 23.8. The molecule has 0 saturated carbocycles. The SMILES string of the molecule is c1ccc(-c2nc(-n3c4ccccc4c4c5c6c(cc43)c3ccccc3n6-c3ccccc3-c3ccccc3-5)nc3ccccc23)cc1. The van der Waals surface area contributed by atoms with Gasteiger partial charge >= 0.3 is 0 Å². The molecule has 0 unspecified atom stereocenters. The predicted molar refractivity (Wildman–Crippen MR) is 198 cm³/mol. The van der Waals surface area contributed by atoms with Gasteiger partial charge in [-0.15, -0.1) is 0 Å². The minimum absolute atomic E-state index is 0.666. The third-order valence-electron chi connectivity index (χ3n) is 10.1. The van der Waals surface area contributed by atoms with Gasteiger partial charge in [-0.1, -0.05) is 127 Å². The van der Waals surface area contributed by atoms with Crippen molar-refractivity contribution in [3.8, 4) is 45.1 Å². The van der Waals surface area contributed by atoms with Crippen molar-refractivity contribution in [3.63, 3.8) is 0 Å². The van der Waals surface area contributed by atoms with Gasteiger partial charge in [0.05, 0.1) is 39.0 Å². The van der Waals surface area contributed by atoms with Crippen LogP contribution in [0.3, 0.4) is 0 Å². The monoisotopic (exact) mass is 610 g/mol. The Morgan fingerprint density at radius 2 is 1.04 bits per heavy atom. The number of hydrogen-bond donors (Lipinski definition) is 0. The van der Waals surface area contributed by atoms with E-state index < -0.39 is 0 Å². The van der Waals surface area contributed by atoms with Crippen LogP contribution in [0.1, 0.15) is 0 Å². The average molecular weight is 611 g/mol. The van der Waals surface area contributed by atoms with E-state index in [1.165, 1.54) is 60.5 Å². The van der Waals surface area contributed by atoms with Crippen LogP contribution in [0.2, 0.25) is 0 Å². The lowest BCUT2D eigenvalue weighted by molar-refractivity contribution is 1.01. The molecule has 4 nitrogen and oxygen atoms in total. The summed E-state index contributed by atoms with van der Waals surface area (Å²) in [6, 6.07) is 56.4. The van der Waals surface area contributed by atoms with Crippen LogP contribution in [0.4, 0.5) is 0 Å². The normalized spacial score (nSPS) is 12.2. The summed E-state index contributed by atoms with van der Waals surface area (Å²) >= 11 is 0. The zero-order valence-electron chi connectivity index (χ0n) is 25.8. The lowest BCUT2D eigenvalue weighted by atomic mass is 9.91. The van der Waals surface area contributed by atoms with E-state index in [0.717, 1.165) is 33.2 Å². The van der Waals surface area contributed by atoms with Crippen molar-refractivity contribution < 1.29 is 0 Å². The summed E-state index contributed by atoms with van der Waals surface area (Å²) in [5.74, 6) is 0.666. The number of rotatable bonds is 2. The van der Waals surface area contributed by atoms with Crippen LogP contribution < -0.4 is 0 Å². The molecular formula is C44H26N4. The van der Waals surface area contributed by atoms with Crippen molar-refractivity contribution in [2.24, 2.45) is 0 Å². The standard InChI is InChI=1S/C44H26N4/c1-2-14-27(15-3-1)42-32-20-6-10-22-35(32)45-44(46-42)48-38-25-13-9-21-33(38)40-39(48)26-34-30-18-8-12-24-37(30)47-36-23-11-7-17-29(36)28-16-4-5-19-31(28)41(40)43(34)47/h1-26H. The minimum Gasteiger partial charge on any atom is -0.308 e. The van der Waals surface area contributed by atoms with Crippen molar-refractivity contribution in [1.29, 1.82) is 0 Å². The molecule has 0 bridgehead atoms. The maximum atomic E-state index is 5.37. The Balaban J connectivity index is 1.38. The molecule has 0 saturated heterocycles. The Morgan fingerprint density at radius 1 is 0.417 bits per heavy atom. The molecule has 0 amide bonds. The number of nitrogens with zero attached hydrogens (tertiary/aromatic N) is 4. The molecule has 48 heavy (non-hydrogen) atoms. The third kappa shape index (κ3) is 3.33. The van der Waals surface area contributed by atoms with E-state index in [-0.39, 0.29) is 0 Å². The molecule has 10 aromatic rings. The van der Waals surface area contributed by atoms with Crippen molar-refractivity contribution in [2.75, 3.05) is 0 Å². The predicted octanol–water partition coefficient (Wildman–Crippen LogP) is 11.1. The molecule has 0 fully saturated rings. The molecular weight excluding hydrogens is 585 g/mol. The van der Waals surface area contributed by atoms with E-state index in [9.17, 15) is 0 Å². The maximum Gasteiger partial charge on any atom is 0.235 e. The van der Waals surface area contributed by atoms with Crippen molar-refractivity contribution in [3.05, 3.63) is 158 Å². The van der Waals surface area contributed by atoms with E-state index >= 15 is 0 Å². The lowest BCUT2D eigenvalue weighted by Gasteiger charge is -2.13. The van der Waals surface area contributed by atoms with Crippen LogP contribution in [0.5, 0.6) is 0 Å². The molecule has 0 spiro atoms. The Hall–Kier alpha value is -6.52. The van der Waals surface area contributed by atoms with E-state index in [4.69, 9.17) is 9.97 Å². The first kappa shape index (κ1) is 25.6. The molecule has 1 aliphatic heterocycles. The number of fused-ring (bicyclic) bond motifs is 13. The summed E-state index contributed by atoms with van der Waals surface area (Å²) in [6.07, 6.45) is 0. The largest absolute Gasteiger partial charge is 0.308 e. The first-order valence-corrected chi connectivity index (χ1v) is 16.4. The number of benzene rings is 7. The minimum atomic E-state index is 0.666. The van der Waals surface area contributed by atoms with E-state index in [2.05, 4.69) is 161 Å². The second kappa shape index (κ2) is 9.50. The molecule has 3 aromatic heterocycles. The van der Waals surface area contributed by atoms with Crippen LogP contribution in [0, 0.1) is 0 Å². The number of hydrogen-bond acceptors (Lipinski definition) is 2. The molecule has 11 rings (SSSR count). The fourth-order valence-corrected chi connectivity index (χ4v) is 8.11. The topological polar surface area (TPSA) is 35.6 Å². The molecule has 222 valence electrons. The van der Waals surface area contributed by atoms with E-state index in [1.54, 1.807) is 0 Å². The molecule has 4 heteroatoms. The Kier molecular flexibility index (Phi) is 5.08. The van der Waals surface area contributed by atoms with E-state index in [1.807, 2.05) is 6.07 Å². The summed E-state index contributed by atoms with van der Waals surface area (Å²) in [7, 11) is 0. The van der Waals surface area contributed by atoms with Crippen LogP contribution in [0.15, 0.2) is 158 Å². The average Bonchev–Trinajstić information content (AvgIpc) is 3.62.